The van der Waals surface area contributed by atoms with Crippen molar-refractivity contribution in [2.75, 3.05) is 5.73 Å². The van der Waals surface area contributed by atoms with Crippen LogP contribution >= 0.6 is 23.1 Å². The number of thioether (sulfide) groups is 1. The van der Waals surface area contributed by atoms with Gasteiger partial charge in [0.15, 0.2) is 0 Å². The van der Waals surface area contributed by atoms with E-state index in [1.807, 2.05) is 0 Å². The third-order valence-electron chi connectivity index (χ3n) is 4.67. The van der Waals surface area contributed by atoms with Gasteiger partial charge < -0.3 is 5.73 Å². The fourth-order valence-electron chi connectivity index (χ4n) is 3.29. The molecule has 0 aliphatic heterocycles. The molecule has 3 N–H and O–H groups in total. The summed E-state index contributed by atoms with van der Waals surface area (Å²) in [6, 6.07) is 0. The summed E-state index contributed by atoms with van der Waals surface area (Å²) in [6.45, 7) is 0. The number of fused-ring (bicyclic) bond motifs is 3. The van der Waals surface area contributed by atoms with Crippen LogP contribution < -0.4 is 5.73 Å². The maximum Gasteiger partial charge on any atom is 0.208 e. The zero-order chi connectivity index (χ0) is 16.1. The molecular weight excluding hydrogens is 340 g/mol. The lowest BCUT2D eigenvalue weighted by molar-refractivity contribution is 0.700. The Morgan fingerprint density at radius 3 is 2.92 bits per heavy atom. The highest BCUT2D eigenvalue weighted by Gasteiger charge is 2.27. The minimum absolute atomic E-state index is 0.590. The highest BCUT2D eigenvalue weighted by atomic mass is 32.2. The summed E-state index contributed by atoms with van der Waals surface area (Å²) in [5, 5.41) is 9.17. The number of nitrogens with zero attached hydrogens (tertiary/aromatic N) is 4. The van der Waals surface area contributed by atoms with Crippen LogP contribution in [0.4, 0.5) is 5.82 Å². The third kappa shape index (κ3) is 2.57. The molecule has 3 aromatic heterocycles. The number of H-pyrrole nitrogens is 1. The zero-order valence-electron chi connectivity index (χ0n) is 13.2. The lowest BCUT2D eigenvalue weighted by Crippen LogP contribution is -2.02. The smallest absolute Gasteiger partial charge is 0.208 e. The monoisotopic (exact) mass is 358 g/mol. The van der Waals surface area contributed by atoms with Gasteiger partial charge in [0.1, 0.15) is 22.3 Å². The molecule has 0 saturated heterocycles. The van der Waals surface area contributed by atoms with Crippen molar-refractivity contribution in [3.8, 4) is 0 Å². The minimum Gasteiger partial charge on any atom is -0.383 e. The molecule has 24 heavy (non-hydrogen) atoms. The number of nitrogens with two attached hydrogens (primary N) is 1. The van der Waals surface area contributed by atoms with Gasteiger partial charge in [0.05, 0.1) is 11.1 Å². The lowest BCUT2D eigenvalue weighted by Gasteiger charge is -2.10. The second-order valence-electron chi connectivity index (χ2n) is 6.48. The quantitative estimate of drug-likeness (QED) is 0.694. The van der Waals surface area contributed by atoms with Crippen molar-refractivity contribution in [2.24, 2.45) is 0 Å². The van der Waals surface area contributed by atoms with E-state index in [9.17, 15) is 0 Å². The number of aryl methyl sites for hydroxylation is 2. The van der Waals surface area contributed by atoms with Crippen molar-refractivity contribution in [1.82, 2.24) is 25.1 Å². The number of thiophene rings is 1. The average molecular weight is 358 g/mol. The molecule has 0 atom stereocenters. The van der Waals surface area contributed by atoms with Gasteiger partial charge in [-0.05, 0) is 44.1 Å². The molecule has 0 aromatic carbocycles. The highest BCUT2D eigenvalue weighted by Crippen LogP contribution is 2.39. The van der Waals surface area contributed by atoms with E-state index in [-0.39, 0.29) is 0 Å². The van der Waals surface area contributed by atoms with E-state index < -0.39 is 0 Å². The first-order chi connectivity index (χ1) is 11.8. The van der Waals surface area contributed by atoms with Crippen LogP contribution in [0.2, 0.25) is 0 Å². The van der Waals surface area contributed by atoms with E-state index in [0.717, 1.165) is 39.9 Å². The summed E-state index contributed by atoms with van der Waals surface area (Å²) >= 11 is 3.35. The molecule has 124 valence electrons. The lowest BCUT2D eigenvalue weighted by atomic mass is 9.97. The predicted molar refractivity (Wildman–Crippen MR) is 96.4 cm³/mol. The molecule has 1 saturated carbocycles. The fourth-order valence-corrected chi connectivity index (χ4v) is 5.24. The average Bonchev–Trinajstić information content (AvgIpc) is 3.20. The maximum absolute atomic E-state index is 6.26. The first kappa shape index (κ1) is 14.7. The van der Waals surface area contributed by atoms with Crippen LogP contribution in [-0.2, 0) is 18.6 Å². The van der Waals surface area contributed by atoms with Gasteiger partial charge in [0.2, 0.25) is 5.16 Å². The summed E-state index contributed by atoms with van der Waals surface area (Å²) in [5.74, 6) is 3.64. The molecule has 2 aliphatic carbocycles. The van der Waals surface area contributed by atoms with Crippen LogP contribution in [0.15, 0.2) is 5.16 Å². The molecule has 0 radical (unpaired) electrons. The predicted octanol–water partition coefficient (Wildman–Crippen LogP) is 3.44. The molecule has 0 amide bonds. The van der Waals surface area contributed by atoms with Gasteiger partial charge in [-0.2, -0.15) is 0 Å². The van der Waals surface area contributed by atoms with Gasteiger partial charge in [0.25, 0.3) is 0 Å². The largest absolute Gasteiger partial charge is 0.383 e. The van der Waals surface area contributed by atoms with Gasteiger partial charge in [-0.1, -0.05) is 11.8 Å². The number of rotatable bonds is 4. The number of aromatic amines is 1. The molecule has 0 unspecified atom stereocenters. The Morgan fingerprint density at radius 1 is 1.17 bits per heavy atom. The molecule has 3 heterocycles. The van der Waals surface area contributed by atoms with Gasteiger partial charge in [0, 0.05) is 10.8 Å². The number of aromatic nitrogens is 5. The number of hydrogen-bond donors (Lipinski definition) is 2. The van der Waals surface area contributed by atoms with Crippen molar-refractivity contribution >= 4 is 39.1 Å². The number of hydrogen-bond acceptors (Lipinski definition) is 7. The van der Waals surface area contributed by atoms with Gasteiger partial charge >= 0.3 is 0 Å². The molecule has 8 heteroatoms. The minimum atomic E-state index is 0.590. The van der Waals surface area contributed by atoms with Crippen LogP contribution in [-0.4, -0.2) is 25.1 Å². The summed E-state index contributed by atoms with van der Waals surface area (Å²) in [5.41, 5.74) is 7.65. The Balaban J connectivity index is 1.40. The van der Waals surface area contributed by atoms with Crippen molar-refractivity contribution in [3.63, 3.8) is 0 Å². The van der Waals surface area contributed by atoms with Crippen LogP contribution in [0.1, 0.15) is 53.7 Å². The first-order valence-electron chi connectivity index (χ1n) is 8.39. The summed E-state index contributed by atoms with van der Waals surface area (Å²) < 4.78 is 0. The molecule has 5 rings (SSSR count). The number of nitrogen functional groups attached to an aromatic ring is 1. The molecule has 2 aliphatic rings. The number of anilines is 1. The van der Waals surface area contributed by atoms with Gasteiger partial charge in [-0.15, -0.1) is 16.4 Å². The van der Waals surface area contributed by atoms with E-state index in [1.54, 1.807) is 23.1 Å². The molecule has 1 fully saturated rings. The second kappa shape index (κ2) is 5.70. The Bertz CT molecular complexity index is 911. The Kier molecular flexibility index (Phi) is 3.48. The zero-order valence-corrected chi connectivity index (χ0v) is 14.8. The molecular formula is C16H18N6S2. The summed E-state index contributed by atoms with van der Waals surface area (Å²) in [7, 11) is 0. The molecule has 3 aromatic rings. The van der Waals surface area contributed by atoms with Crippen molar-refractivity contribution in [2.45, 2.75) is 55.4 Å². The summed E-state index contributed by atoms with van der Waals surface area (Å²) in [6.07, 6.45) is 7.21. The standard InChI is InChI=1S/C16H18N6S2/c17-13-12-9-3-1-2-4-10(9)24-15(12)19-11(18-13)7-23-16-20-14(21-22-16)8-5-6-8/h8H,1-7H2,(H2,17,18,19)(H,20,21,22). The van der Waals surface area contributed by atoms with Crippen LogP contribution in [0.5, 0.6) is 0 Å². The van der Waals surface area contributed by atoms with Crippen molar-refractivity contribution in [1.29, 1.82) is 0 Å². The number of nitrogens with one attached hydrogen (secondary N) is 1. The topological polar surface area (TPSA) is 93.4 Å². The van der Waals surface area contributed by atoms with E-state index in [1.165, 1.54) is 36.1 Å². The van der Waals surface area contributed by atoms with Gasteiger partial charge in [-0.25, -0.2) is 15.0 Å². The summed E-state index contributed by atoms with van der Waals surface area (Å²) in [4.78, 5) is 16.3. The highest BCUT2D eigenvalue weighted by molar-refractivity contribution is 7.98. The molecule has 6 nitrogen and oxygen atoms in total. The van der Waals surface area contributed by atoms with E-state index >= 15 is 0 Å². The van der Waals surface area contributed by atoms with Crippen LogP contribution in [0.3, 0.4) is 0 Å². The Labute approximate surface area is 147 Å². The van der Waals surface area contributed by atoms with Crippen LogP contribution in [0, 0.1) is 0 Å². The van der Waals surface area contributed by atoms with E-state index in [2.05, 4.69) is 20.2 Å². The van der Waals surface area contributed by atoms with Gasteiger partial charge in [-0.3, -0.25) is 5.10 Å². The van der Waals surface area contributed by atoms with Crippen molar-refractivity contribution in [3.05, 3.63) is 22.1 Å². The third-order valence-corrected chi connectivity index (χ3v) is 6.69. The molecule has 0 spiro atoms. The van der Waals surface area contributed by atoms with Crippen LogP contribution in [0.25, 0.3) is 10.2 Å². The van der Waals surface area contributed by atoms with Crippen molar-refractivity contribution < 1.29 is 0 Å². The first-order valence-corrected chi connectivity index (χ1v) is 10.2. The van der Waals surface area contributed by atoms with E-state index in [4.69, 9.17) is 10.7 Å². The Hall–Kier alpha value is -1.67. The molecule has 0 bridgehead atoms. The normalized spacial score (nSPS) is 17.3. The second-order valence-corrected chi connectivity index (χ2v) is 8.51. The Morgan fingerprint density at radius 2 is 2.04 bits per heavy atom. The van der Waals surface area contributed by atoms with E-state index in [0.29, 0.717) is 17.5 Å². The SMILES string of the molecule is Nc1nc(CSc2n[nH]c(C3CC3)n2)nc2sc3c(c12)CCCC3. The maximum atomic E-state index is 6.26. The fraction of sp³-hybridized carbons (Fsp3) is 0.500.